The minimum Gasteiger partial charge on any atom is -0.469 e. The number of carbonyl (C=O) groups excluding carboxylic acids is 1. The minimum atomic E-state index is -0.191. The number of hydrogen-bond donors (Lipinski definition) is 1. The fourth-order valence-electron chi connectivity index (χ4n) is 1.45. The maximum absolute atomic E-state index is 10.9. The van der Waals surface area contributed by atoms with Crippen LogP contribution in [-0.4, -0.2) is 13.1 Å². The molecule has 0 aromatic heterocycles. The van der Waals surface area contributed by atoms with E-state index in [0.29, 0.717) is 11.4 Å². The van der Waals surface area contributed by atoms with Gasteiger partial charge in [-0.15, -0.1) is 0 Å². The van der Waals surface area contributed by atoms with Crippen LogP contribution in [0.15, 0.2) is 24.3 Å². The second-order valence-corrected chi connectivity index (χ2v) is 4.06. The number of esters is 1. The summed E-state index contributed by atoms with van der Waals surface area (Å²) in [5, 5.41) is 0.700. The highest BCUT2D eigenvalue weighted by Gasteiger charge is 2.07. The van der Waals surface area contributed by atoms with Crippen LogP contribution < -0.4 is 5.73 Å². The van der Waals surface area contributed by atoms with Crippen LogP contribution in [-0.2, 0) is 9.53 Å². The van der Waals surface area contributed by atoms with Gasteiger partial charge in [0.15, 0.2) is 0 Å². The van der Waals surface area contributed by atoms with Crippen molar-refractivity contribution in [2.24, 2.45) is 5.73 Å². The molecular weight excluding hydrogens is 226 g/mol. The lowest BCUT2D eigenvalue weighted by Crippen LogP contribution is -2.11. The lowest BCUT2D eigenvalue weighted by Gasteiger charge is -2.11. The van der Waals surface area contributed by atoms with Gasteiger partial charge in [-0.25, -0.2) is 0 Å². The lowest BCUT2D eigenvalue weighted by molar-refractivity contribution is -0.140. The number of hydrogen-bond acceptors (Lipinski definition) is 3. The van der Waals surface area contributed by atoms with Gasteiger partial charge in [-0.2, -0.15) is 0 Å². The van der Waals surface area contributed by atoms with Gasteiger partial charge in [-0.1, -0.05) is 23.7 Å². The molecule has 1 rings (SSSR count). The maximum atomic E-state index is 10.9. The van der Waals surface area contributed by atoms with Crippen LogP contribution in [0.4, 0.5) is 0 Å². The summed E-state index contributed by atoms with van der Waals surface area (Å²) in [4.78, 5) is 10.9. The van der Waals surface area contributed by atoms with Gasteiger partial charge in [0.25, 0.3) is 0 Å². The molecular formula is C12H16ClNO2. The Kier molecular flexibility index (Phi) is 5.29. The van der Waals surface area contributed by atoms with Crippen LogP contribution in [0.2, 0.25) is 5.02 Å². The normalized spacial score (nSPS) is 12.2. The molecule has 16 heavy (non-hydrogen) atoms. The van der Waals surface area contributed by atoms with E-state index in [0.717, 1.165) is 18.4 Å². The van der Waals surface area contributed by atoms with Crippen LogP contribution in [0.25, 0.3) is 0 Å². The molecule has 1 atom stereocenters. The molecule has 0 heterocycles. The Labute approximate surface area is 101 Å². The van der Waals surface area contributed by atoms with Crippen LogP contribution in [0.1, 0.15) is 30.9 Å². The lowest BCUT2D eigenvalue weighted by atomic mass is 10.0. The molecule has 0 aliphatic rings. The molecule has 0 saturated carbocycles. The Hall–Kier alpha value is -1.06. The van der Waals surface area contributed by atoms with Crippen molar-refractivity contribution in [1.29, 1.82) is 0 Å². The minimum absolute atomic E-state index is 0.0538. The van der Waals surface area contributed by atoms with Crippen molar-refractivity contribution in [3.8, 4) is 0 Å². The molecule has 0 spiro atoms. The number of halogens is 1. The molecule has 0 aliphatic carbocycles. The van der Waals surface area contributed by atoms with E-state index in [-0.39, 0.29) is 12.0 Å². The number of nitrogens with two attached hydrogens (primary N) is 1. The largest absolute Gasteiger partial charge is 0.469 e. The molecule has 1 aromatic carbocycles. The van der Waals surface area contributed by atoms with Gasteiger partial charge < -0.3 is 10.5 Å². The summed E-state index contributed by atoms with van der Waals surface area (Å²) in [5.41, 5.74) is 7.01. The number of rotatable bonds is 5. The summed E-state index contributed by atoms with van der Waals surface area (Å²) in [6.07, 6.45) is 1.91. The second-order valence-electron chi connectivity index (χ2n) is 3.63. The highest BCUT2D eigenvalue weighted by atomic mass is 35.5. The van der Waals surface area contributed by atoms with E-state index >= 15 is 0 Å². The SMILES string of the molecule is COC(=O)CCCC(N)c1ccc(Cl)cc1. The van der Waals surface area contributed by atoms with E-state index in [9.17, 15) is 4.79 Å². The molecule has 4 heteroatoms. The van der Waals surface area contributed by atoms with Crippen molar-refractivity contribution in [3.05, 3.63) is 34.9 Å². The first-order chi connectivity index (χ1) is 7.63. The topological polar surface area (TPSA) is 52.3 Å². The molecule has 88 valence electrons. The average Bonchev–Trinajstić information content (AvgIpc) is 2.29. The van der Waals surface area contributed by atoms with E-state index in [1.54, 1.807) is 0 Å². The first kappa shape index (κ1) is 13.0. The van der Waals surface area contributed by atoms with E-state index in [2.05, 4.69) is 4.74 Å². The molecule has 1 unspecified atom stereocenters. The number of benzene rings is 1. The van der Waals surface area contributed by atoms with E-state index < -0.39 is 0 Å². The molecule has 0 aliphatic heterocycles. The summed E-state index contributed by atoms with van der Waals surface area (Å²) in [6.45, 7) is 0. The van der Waals surface area contributed by atoms with Gasteiger partial charge in [0.1, 0.15) is 0 Å². The molecule has 0 saturated heterocycles. The summed E-state index contributed by atoms with van der Waals surface area (Å²) < 4.78 is 4.56. The predicted molar refractivity (Wildman–Crippen MR) is 64.2 cm³/mol. The Morgan fingerprint density at radius 2 is 2.06 bits per heavy atom. The zero-order valence-electron chi connectivity index (χ0n) is 9.28. The molecule has 3 nitrogen and oxygen atoms in total. The van der Waals surface area contributed by atoms with Crippen LogP contribution >= 0.6 is 11.6 Å². The number of ether oxygens (including phenoxy) is 1. The third-order valence-electron chi connectivity index (χ3n) is 2.42. The third kappa shape index (κ3) is 4.21. The van der Waals surface area contributed by atoms with Gasteiger partial charge in [0.05, 0.1) is 7.11 Å². The van der Waals surface area contributed by atoms with Crippen molar-refractivity contribution >= 4 is 17.6 Å². The Balaban J connectivity index is 2.37. The molecule has 0 amide bonds. The molecule has 0 bridgehead atoms. The highest BCUT2D eigenvalue weighted by Crippen LogP contribution is 2.19. The standard InChI is InChI=1S/C12H16ClNO2/c1-16-12(15)4-2-3-11(14)9-5-7-10(13)8-6-9/h5-8,11H,2-4,14H2,1H3. The van der Waals surface area contributed by atoms with Gasteiger partial charge in [-0.3, -0.25) is 4.79 Å². The van der Waals surface area contributed by atoms with Crippen LogP contribution in [0.5, 0.6) is 0 Å². The molecule has 2 N–H and O–H groups in total. The fraction of sp³-hybridized carbons (Fsp3) is 0.417. The van der Waals surface area contributed by atoms with Crippen molar-refractivity contribution in [3.63, 3.8) is 0 Å². The number of carbonyl (C=O) groups is 1. The monoisotopic (exact) mass is 241 g/mol. The van der Waals surface area contributed by atoms with E-state index in [4.69, 9.17) is 17.3 Å². The molecule has 0 radical (unpaired) electrons. The first-order valence-electron chi connectivity index (χ1n) is 5.21. The zero-order chi connectivity index (χ0) is 12.0. The van der Waals surface area contributed by atoms with Crippen LogP contribution in [0, 0.1) is 0 Å². The van der Waals surface area contributed by atoms with Crippen molar-refractivity contribution in [2.75, 3.05) is 7.11 Å². The summed E-state index contributed by atoms with van der Waals surface area (Å²) in [7, 11) is 1.39. The van der Waals surface area contributed by atoms with Crippen molar-refractivity contribution in [1.82, 2.24) is 0 Å². The van der Waals surface area contributed by atoms with Gasteiger partial charge >= 0.3 is 5.97 Å². The van der Waals surface area contributed by atoms with Gasteiger partial charge in [0, 0.05) is 17.5 Å². The highest BCUT2D eigenvalue weighted by molar-refractivity contribution is 6.30. The third-order valence-corrected chi connectivity index (χ3v) is 2.67. The summed E-state index contributed by atoms with van der Waals surface area (Å²) >= 11 is 5.78. The Morgan fingerprint density at radius 3 is 2.62 bits per heavy atom. The van der Waals surface area contributed by atoms with Gasteiger partial charge in [0.2, 0.25) is 0 Å². The van der Waals surface area contributed by atoms with Crippen molar-refractivity contribution in [2.45, 2.75) is 25.3 Å². The average molecular weight is 242 g/mol. The van der Waals surface area contributed by atoms with Crippen molar-refractivity contribution < 1.29 is 9.53 Å². The predicted octanol–water partition coefficient (Wildman–Crippen LogP) is 2.68. The second kappa shape index (κ2) is 6.51. The zero-order valence-corrected chi connectivity index (χ0v) is 10.0. The Bertz CT molecular complexity index is 337. The Morgan fingerprint density at radius 1 is 1.44 bits per heavy atom. The quantitative estimate of drug-likeness (QED) is 0.807. The van der Waals surface area contributed by atoms with E-state index in [1.165, 1.54) is 7.11 Å². The van der Waals surface area contributed by atoms with E-state index in [1.807, 2.05) is 24.3 Å². The number of methoxy groups -OCH3 is 1. The maximum Gasteiger partial charge on any atom is 0.305 e. The summed E-state index contributed by atoms with van der Waals surface area (Å²) in [5.74, 6) is -0.191. The smallest absolute Gasteiger partial charge is 0.305 e. The summed E-state index contributed by atoms with van der Waals surface area (Å²) in [6, 6.07) is 7.40. The van der Waals surface area contributed by atoms with Crippen LogP contribution in [0.3, 0.4) is 0 Å². The molecule has 1 aromatic rings. The first-order valence-corrected chi connectivity index (χ1v) is 5.59. The van der Waals surface area contributed by atoms with Gasteiger partial charge in [-0.05, 0) is 30.5 Å². The fourth-order valence-corrected chi connectivity index (χ4v) is 1.57. The molecule has 0 fully saturated rings.